The number of aryl methyl sites for hydroxylation is 1. The average Bonchev–Trinajstić information content (AvgIpc) is 2.95. The molecular formula is C12H7Cl3F2N4OS. The van der Waals surface area contributed by atoms with Crippen LogP contribution in [-0.2, 0) is 7.05 Å². The molecule has 2 heterocycles. The molecule has 0 amide bonds. The number of hydrogen-bond donors (Lipinski definition) is 1. The molecule has 0 fully saturated rings. The number of alkyl halides is 2. The number of halogens is 5. The Balaban J connectivity index is 2.29. The molecule has 122 valence electrons. The molecule has 0 aliphatic rings. The lowest BCUT2D eigenvalue weighted by atomic mass is 10.1. The van der Waals surface area contributed by atoms with E-state index in [2.05, 4.69) is 14.8 Å². The zero-order valence-electron chi connectivity index (χ0n) is 11.3. The predicted octanol–water partition coefficient (Wildman–Crippen LogP) is 4.84. The lowest BCUT2D eigenvalue weighted by Gasteiger charge is -2.05. The highest BCUT2D eigenvalue weighted by Crippen LogP contribution is 2.46. The third kappa shape index (κ3) is 2.80. The first-order valence-electron chi connectivity index (χ1n) is 6.01. The molecule has 0 saturated heterocycles. The first-order valence-corrected chi connectivity index (χ1v) is 7.96. The van der Waals surface area contributed by atoms with Gasteiger partial charge in [-0.2, -0.15) is 13.9 Å². The summed E-state index contributed by atoms with van der Waals surface area (Å²) in [6, 6.07) is 1.47. The molecule has 5 nitrogen and oxygen atoms in total. The Bertz CT molecular complexity index is 912. The van der Waals surface area contributed by atoms with Crippen LogP contribution in [0.3, 0.4) is 0 Å². The lowest BCUT2D eigenvalue weighted by molar-refractivity contribution is -0.0552. The predicted molar refractivity (Wildman–Crippen MR) is 87.9 cm³/mol. The van der Waals surface area contributed by atoms with E-state index in [9.17, 15) is 8.78 Å². The van der Waals surface area contributed by atoms with Crippen molar-refractivity contribution in [3.05, 3.63) is 21.1 Å². The van der Waals surface area contributed by atoms with Gasteiger partial charge in [-0.3, -0.25) is 0 Å². The molecule has 2 aromatic heterocycles. The van der Waals surface area contributed by atoms with Crippen LogP contribution in [0.5, 0.6) is 5.88 Å². The Morgan fingerprint density at radius 3 is 2.65 bits per heavy atom. The summed E-state index contributed by atoms with van der Waals surface area (Å²) in [4.78, 5) is 4.12. The quantitative estimate of drug-likeness (QED) is 0.684. The van der Waals surface area contributed by atoms with Gasteiger partial charge in [-0.05, 0) is 6.07 Å². The van der Waals surface area contributed by atoms with Gasteiger partial charge in [0.1, 0.15) is 16.2 Å². The van der Waals surface area contributed by atoms with Gasteiger partial charge in [-0.15, -0.1) is 0 Å². The third-order valence-electron chi connectivity index (χ3n) is 2.97. The summed E-state index contributed by atoms with van der Waals surface area (Å²) in [6.07, 6.45) is 0. The number of aromatic nitrogens is 3. The molecule has 2 N–H and O–H groups in total. The fourth-order valence-electron chi connectivity index (χ4n) is 2.10. The number of thiazole rings is 1. The van der Waals surface area contributed by atoms with Crippen molar-refractivity contribution in [1.82, 2.24) is 14.8 Å². The van der Waals surface area contributed by atoms with Crippen LogP contribution in [0, 0.1) is 0 Å². The van der Waals surface area contributed by atoms with Gasteiger partial charge in [0.05, 0.1) is 14.7 Å². The molecule has 11 heteroatoms. The maximum Gasteiger partial charge on any atom is 0.388 e. The maximum absolute atomic E-state index is 12.5. The van der Waals surface area contributed by atoms with Crippen LogP contribution in [0.2, 0.25) is 15.1 Å². The van der Waals surface area contributed by atoms with E-state index in [-0.39, 0.29) is 26.8 Å². The van der Waals surface area contributed by atoms with Gasteiger partial charge >= 0.3 is 6.61 Å². The van der Waals surface area contributed by atoms with E-state index in [1.54, 1.807) is 0 Å². The van der Waals surface area contributed by atoms with E-state index in [1.165, 1.54) is 13.1 Å². The molecule has 1 aromatic carbocycles. The second-order valence-electron chi connectivity index (χ2n) is 4.41. The van der Waals surface area contributed by atoms with Gasteiger partial charge in [0.2, 0.25) is 5.88 Å². The largest absolute Gasteiger partial charge is 0.416 e. The van der Waals surface area contributed by atoms with Crippen LogP contribution in [0.1, 0.15) is 0 Å². The van der Waals surface area contributed by atoms with Crippen molar-refractivity contribution in [1.29, 1.82) is 0 Å². The van der Waals surface area contributed by atoms with E-state index >= 15 is 0 Å². The Kier molecular flexibility index (Phi) is 4.26. The summed E-state index contributed by atoms with van der Waals surface area (Å²) in [6.45, 7) is -3.03. The number of hydrogen-bond acceptors (Lipinski definition) is 5. The zero-order chi connectivity index (χ0) is 16.9. The molecule has 0 spiro atoms. The number of fused-ring (bicyclic) bond motifs is 1. The number of nitrogens with two attached hydrogens (primary N) is 1. The first-order chi connectivity index (χ1) is 10.8. The summed E-state index contributed by atoms with van der Waals surface area (Å²) < 4.78 is 31.0. The standard InChI is InChI=1S/C12H7Cl3F2N4OS/c1-21-10(22-11(16)17)6(15)8(20-21)5-3(13)2-4(14)7-9(5)23-12(18)19-7/h2,11H,1H3,(H2,18,19). The first kappa shape index (κ1) is 16.5. The molecule has 0 bridgehead atoms. The monoisotopic (exact) mass is 398 g/mol. The highest BCUT2D eigenvalue weighted by molar-refractivity contribution is 7.22. The van der Waals surface area contributed by atoms with E-state index in [0.717, 1.165) is 16.0 Å². The molecule has 3 aromatic rings. The fourth-order valence-corrected chi connectivity index (χ4v) is 4.02. The van der Waals surface area contributed by atoms with Crippen LogP contribution in [0.4, 0.5) is 13.9 Å². The number of nitrogens with zero attached hydrogens (tertiary/aromatic N) is 3. The van der Waals surface area contributed by atoms with Gasteiger partial charge < -0.3 is 10.5 Å². The number of rotatable bonds is 3. The Labute approximate surface area is 147 Å². The Morgan fingerprint density at radius 1 is 1.30 bits per heavy atom. The van der Waals surface area contributed by atoms with Crippen molar-refractivity contribution in [2.75, 3.05) is 5.73 Å². The van der Waals surface area contributed by atoms with Gasteiger partial charge in [0, 0.05) is 12.6 Å². The van der Waals surface area contributed by atoms with Crippen LogP contribution in [0.15, 0.2) is 6.07 Å². The van der Waals surface area contributed by atoms with E-state index in [1.807, 2.05) is 0 Å². The highest BCUT2D eigenvalue weighted by Gasteiger charge is 2.25. The second-order valence-corrected chi connectivity index (χ2v) is 6.64. The van der Waals surface area contributed by atoms with Crippen LogP contribution in [0.25, 0.3) is 21.5 Å². The maximum atomic E-state index is 12.5. The molecular weight excluding hydrogens is 393 g/mol. The van der Waals surface area contributed by atoms with Gasteiger partial charge in [-0.1, -0.05) is 46.1 Å². The van der Waals surface area contributed by atoms with Crippen molar-refractivity contribution in [2.45, 2.75) is 6.61 Å². The number of nitrogen functional groups attached to an aromatic ring is 1. The highest BCUT2D eigenvalue weighted by atomic mass is 35.5. The number of benzene rings is 1. The molecule has 0 aliphatic heterocycles. The van der Waals surface area contributed by atoms with Crippen molar-refractivity contribution >= 4 is 61.5 Å². The zero-order valence-corrected chi connectivity index (χ0v) is 14.4. The minimum absolute atomic E-state index is 0.0923. The lowest BCUT2D eigenvalue weighted by Crippen LogP contribution is -2.06. The Hall–Kier alpha value is -1.35. The SMILES string of the molecule is Cn1nc(-c2c(Cl)cc(Cl)c3nc(N)sc23)c(Cl)c1OC(F)F. The fraction of sp³-hybridized carbons (Fsp3) is 0.167. The third-order valence-corrected chi connectivity index (χ3v) is 4.80. The molecule has 0 atom stereocenters. The molecule has 0 aliphatic carbocycles. The van der Waals surface area contributed by atoms with E-state index in [0.29, 0.717) is 20.8 Å². The summed E-state index contributed by atoms with van der Waals surface area (Å²) in [5.74, 6) is -0.270. The van der Waals surface area contributed by atoms with Crippen molar-refractivity contribution in [3.63, 3.8) is 0 Å². The van der Waals surface area contributed by atoms with E-state index < -0.39 is 6.61 Å². The normalized spacial score (nSPS) is 11.6. The summed E-state index contributed by atoms with van der Waals surface area (Å²) >= 11 is 19.6. The van der Waals surface area contributed by atoms with Gasteiger partial charge in [-0.25, -0.2) is 9.67 Å². The molecule has 0 radical (unpaired) electrons. The Morgan fingerprint density at radius 2 is 2.00 bits per heavy atom. The summed E-state index contributed by atoms with van der Waals surface area (Å²) in [7, 11) is 1.43. The van der Waals surface area contributed by atoms with E-state index in [4.69, 9.17) is 40.5 Å². The second kappa shape index (κ2) is 5.94. The number of ether oxygens (including phenoxy) is 1. The average molecular weight is 400 g/mol. The molecule has 0 saturated carbocycles. The van der Waals surface area contributed by atoms with Crippen molar-refractivity contribution < 1.29 is 13.5 Å². The number of anilines is 1. The topological polar surface area (TPSA) is 66.0 Å². The van der Waals surface area contributed by atoms with Gasteiger partial charge in [0.25, 0.3) is 0 Å². The van der Waals surface area contributed by atoms with Crippen LogP contribution >= 0.6 is 46.1 Å². The summed E-state index contributed by atoms with van der Waals surface area (Å²) in [5.41, 5.74) is 6.74. The summed E-state index contributed by atoms with van der Waals surface area (Å²) in [5, 5.41) is 4.87. The molecule has 23 heavy (non-hydrogen) atoms. The van der Waals surface area contributed by atoms with Gasteiger partial charge in [0.15, 0.2) is 5.13 Å². The van der Waals surface area contributed by atoms with Crippen molar-refractivity contribution in [2.24, 2.45) is 7.05 Å². The smallest absolute Gasteiger partial charge is 0.388 e. The minimum atomic E-state index is -3.03. The molecule has 3 rings (SSSR count). The van der Waals surface area contributed by atoms with Crippen LogP contribution < -0.4 is 10.5 Å². The minimum Gasteiger partial charge on any atom is -0.416 e. The van der Waals surface area contributed by atoms with Crippen molar-refractivity contribution in [3.8, 4) is 17.1 Å². The van der Waals surface area contributed by atoms with Crippen LogP contribution in [-0.4, -0.2) is 21.4 Å². The molecule has 0 unspecified atom stereocenters.